The Kier molecular flexibility index (Phi) is 4.69. The first kappa shape index (κ1) is 18.0. The number of nitrogens with zero attached hydrogens (tertiary/aromatic N) is 3. The number of amides is 1. The van der Waals surface area contributed by atoms with E-state index in [1.807, 2.05) is 59.3 Å². The van der Waals surface area contributed by atoms with Crippen LogP contribution >= 0.6 is 0 Å². The molecule has 0 saturated heterocycles. The van der Waals surface area contributed by atoms with E-state index in [1.165, 1.54) is 0 Å². The van der Waals surface area contributed by atoms with E-state index in [0.717, 1.165) is 27.4 Å². The number of hydrogen-bond donors (Lipinski definition) is 2. The number of aromatic nitrogens is 2. The van der Waals surface area contributed by atoms with E-state index in [0.29, 0.717) is 18.2 Å². The normalized spacial score (nSPS) is 12.0. The Labute approximate surface area is 162 Å². The number of aromatic amines is 1. The van der Waals surface area contributed by atoms with Crippen molar-refractivity contribution in [2.75, 3.05) is 0 Å². The molecule has 0 saturated carbocycles. The Morgan fingerprint density at radius 1 is 1.11 bits per heavy atom. The molecule has 2 N–H and O–H groups in total. The number of nitrogens with one attached hydrogen (secondary N) is 1. The lowest BCUT2D eigenvalue weighted by molar-refractivity contribution is -0.117. The second-order valence-electron chi connectivity index (χ2n) is 7.32. The third kappa shape index (κ3) is 3.29. The summed E-state index contributed by atoms with van der Waals surface area (Å²) < 4.78 is 1.82. The molecule has 0 atom stereocenters. The first-order valence-electron chi connectivity index (χ1n) is 9.34. The van der Waals surface area contributed by atoms with Gasteiger partial charge in [0, 0.05) is 29.0 Å². The van der Waals surface area contributed by atoms with E-state index in [9.17, 15) is 9.90 Å². The van der Waals surface area contributed by atoms with Crippen molar-refractivity contribution in [3.63, 3.8) is 0 Å². The van der Waals surface area contributed by atoms with E-state index in [-0.39, 0.29) is 18.2 Å². The molecule has 6 nitrogen and oxygen atoms in total. The van der Waals surface area contributed by atoms with Crippen LogP contribution in [0, 0.1) is 5.92 Å². The maximum Gasteiger partial charge on any atom is 0.269 e. The van der Waals surface area contributed by atoms with Crippen LogP contribution in [0.5, 0.6) is 5.88 Å². The number of hydrogen-bond acceptors (Lipinski definition) is 3. The maximum atomic E-state index is 12.4. The van der Waals surface area contributed by atoms with Gasteiger partial charge in [-0.1, -0.05) is 50.2 Å². The summed E-state index contributed by atoms with van der Waals surface area (Å²) in [7, 11) is 0. The van der Waals surface area contributed by atoms with Crippen LogP contribution in [0.3, 0.4) is 0 Å². The predicted molar refractivity (Wildman–Crippen MR) is 110 cm³/mol. The van der Waals surface area contributed by atoms with Crippen LogP contribution in [-0.2, 0) is 17.8 Å². The summed E-state index contributed by atoms with van der Waals surface area (Å²) in [6, 6.07) is 15.4. The van der Waals surface area contributed by atoms with Gasteiger partial charge >= 0.3 is 0 Å². The maximum absolute atomic E-state index is 12.4. The lowest BCUT2D eigenvalue weighted by Crippen LogP contribution is -2.03. The van der Waals surface area contributed by atoms with Crippen molar-refractivity contribution in [2.24, 2.45) is 16.1 Å². The average Bonchev–Trinajstić information content (AvgIpc) is 3.20. The van der Waals surface area contributed by atoms with Crippen LogP contribution in [0.4, 0.5) is 5.69 Å². The number of azo groups is 1. The van der Waals surface area contributed by atoms with Crippen molar-refractivity contribution in [3.8, 4) is 5.88 Å². The molecule has 0 aliphatic rings. The van der Waals surface area contributed by atoms with Gasteiger partial charge in [0.15, 0.2) is 5.69 Å². The van der Waals surface area contributed by atoms with E-state index in [2.05, 4.69) is 29.1 Å². The molecule has 0 unspecified atom stereocenters. The van der Waals surface area contributed by atoms with Gasteiger partial charge in [-0.3, -0.25) is 4.79 Å². The molecule has 0 spiro atoms. The molecular weight excluding hydrogens is 352 g/mol. The molecule has 0 radical (unpaired) electrons. The zero-order valence-electron chi connectivity index (χ0n) is 15.9. The molecule has 0 aliphatic carbocycles. The van der Waals surface area contributed by atoms with Gasteiger partial charge in [0.2, 0.25) is 5.88 Å². The monoisotopic (exact) mass is 374 g/mol. The van der Waals surface area contributed by atoms with Gasteiger partial charge in [-0.15, -0.1) is 10.2 Å². The van der Waals surface area contributed by atoms with Gasteiger partial charge in [-0.25, -0.2) is 0 Å². The third-order valence-electron chi connectivity index (χ3n) is 4.74. The van der Waals surface area contributed by atoms with Crippen LogP contribution in [0.2, 0.25) is 0 Å². The lowest BCUT2D eigenvalue weighted by Gasteiger charge is -2.09. The van der Waals surface area contributed by atoms with Crippen molar-refractivity contribution in [3.05, 3.63) is 60.3 Å². The molecule has 2 heterocycles. The number of carbonyl (C=O) groups excluding carboxylic acids is 1. The van der Waals surface area contributed by atoms with Gasteiger partial charge in [0.25, 0.3) is 5.91 Å². The summed E-state index contributed by atoms with van der Waals surface area (Å²) in [6.45, 7) is 4.82. The minimum absolute atomic E-state index is 0.0403. The SMILES string of the molecule is CC(C)Cn1c(O)c(N=NC(=O)Cc2c[nH]c3ccccc23)c2ccccc21. The Hall–Kier alpha value is -3.41. The zero-order chi connectivity index (χ0) is 19.7. The van der Waals surface area contributed by atoms with Gasteiger partial charge < -0.3 is 14.7 Å². The van der Waals surface area contributed by atoms with Gasteiger partial charge in [-0.2, -0.15) is 0 Å². The highest BCUT2D eigenvalue weighted by Gasteiger charge is 2.17. The fraction of sp³-hybridized carbons (Fsp3) is 0.227. The molecule has 142 valence electrons. The van der Waals surface area contributed by atoms with Gasteiger partial charge in [-0.05, 0) is 23.6 Å². The highest BCUT2D eigenvalue weighted by atomic mass is 16.3. The quantitative estimate of drug-likeness (QED) is 0.462. The van der Waals surface area contributed by atoms with Gasteiger partial charge in [0.1, 0.15) is 0 Å². The third-order valence-corrected chi connectivity index (χ3v) is 4.74. The highest BCUT2D eigenvalue weighted by Crippen LogP contribution is 2.39. The minimum atomic E-state index is -0.357. The summed E-state index contributed by atoms with van der Waals surface area (Å²) in [4.78, 5) is 15.6. The topological polar surface area (TPSA) is 82.7 Å². The fourth-order valence-corrected chi connectivity index (χ4v) is 3.50. The van der Waals surface area contributed by atoms with E-state index < -0.39 is 0 Å². The highest BCUT2D eigenvalue weighted by molar-refractivity contribution is 5.95. The number of aromatic hydroxyl groups is 1. The number of fused-ring (bicyclic) bond motifs is 2. The second-order valence-corrected chi connectivity index (χ2v) is 7.32. The summed E-state index contributed by atoms with van der Waals surface area (Å²) in [6.07, 6.45) is 1.98. The molecule has 1 amide bonds. The second kappa shape index (κ2) is 7.31. The van der Waals surface area contributed by atoms with Crippen molar-refractivity contribution < 1.29 is 9.90 Å². The zero-order valence-corrected chi connectivity index (χ0v) is 15.9. The fourth-order valence-electron chi connectivity index (χ4n) is 3.50. The summed E-state index contributed by atoms with van der Waals surface area (Å²) >= 11 is 0. The standard InChI is InChI=1S/C22H22N4O2/c1-14(2)13-26-19-10-6-4-8-17(19)21(22(26)28)25-24-20(27)11-15-12-23-18-9-5-3-7-16(15)18/h3-10,12,14,23,28H,11,13H2,1-2H3. The molecule has 4 rings (SSSR count). The van der Waals surface area contributed by atoms with E-state index in [4.69, 9.17) is 0 Å². The van der Waals surface area contributed by atoms with E-state index in [1.54, 1.807) is 0 Å². The molecule has 0 bridgehead atoms. The Bertz CT molecular complexity index is 1180. The van der Waals surface area contributed by atoms with Crippen molar-refractivity contribution in [1.82, 2.24) is 9.55 Å². The number of H-pyrrole nitrogens is 1. The van der Waals surface area contributed by atoms with Crippen LogP contribution in [-0.4, -0.2) is 20.6 Å². The molecule has 0 fully saturated rings. The van der Waals surface area contributed by atoms with Crippen LogP contribution in [0.25, 0.3) is 21.8 Å². The van der Waals surface area contributed by atoms with Crippen LogP contribution < -0.4 is 0 Å². The number of benzene rings is 2. The smallest absolute Gasteiger partial charge is 0.269 e. The average molecular weight is 374 g/mol. The Balaban J connectivity index is 1.63. The van der Waals surface area contributed by atoms with Crippen molar-refractivity contribution in [2.45, 2.75) is 26.8 Å². The lowest BCUT2D eigenvalue weighted by atomic mass is 10.1. The van der Waals surface area contributed by atoms with Crippen molar-refractivity contribution in [1.29, 1.82) is 0 Å². The molecule has 0 aliphatic heterocycles. The first-order valence-corrected chi connectivity index (χ1v) is 9.34. The minimum Gasteiger partial charge on any atom is -0.493 e. The molecule has 2 aromatic carbocycles. The number of para-hydroxylation sites is 2. The van der Waals surface area contributed by atoms with Gasteiger partial charge in [0.05, 0.1) is 11.9 Å². The Morgan fingerprint density at radius 3 is 2.61 bits per heavy atom. The van der Waals surface area contributed by atoms with E-state index >= 15 is 0 Å². The molecular formula is C22H22N4O2. The molecule has 4 aromatic rings. The Morgan fingerprint density at radius 2 is 1.82 bits per heavy atom. The summed E-state index contributed by atoms with van der Waals surface area (Å²) in [5.74, 6) is 0.0402. The molecule has 6 heteroatoms. The molecule has 28 heavy (non-hydrogen) atoms. The summed E-state index contributed by atoms with van der Waals surface area (Å²) in [5, 5.41) is 20.4. The van der Waals surface area contributed by atoms with Crippen molar-refractivity contribution >= 4 is 33.4 Å². The first-order chi connectivity index (χ1) is 13.5. The number of rotatable bonds is 5. The summed E-state index contributed by atoms with van der Waals surface area (Å²) in [5.41, 5.74) is 3.08. The van der Waals surface area contributed by atoms with Crippen LogP contribution in [0.1, 0.15) is 19.4 Å². The van der Waals surface area contributed by atoms with Crippen LogP contribution in [0.15, 0.2) is 65.0 Å². The molecule has 2 aromatic heterocycles. The number of carbonyl (C=O) groups is 1. The largest absolute Gasteiger partial charge is 0.493 e. The predicted octanol–water partition coefficient (Wildman–Crippen LogP) is 5.34.